The van der Waals surface area contributed by atoms with Crippen molar-refractivity contribution in [1.29, 1.82) is 0 Å². The van der Waals surface area contributed by atoms with Crippen molar-refractivity contribution in [3.8, 4) is 0 Å². The number of non-ortho nitro benzene ring substituents is 1. The van der Waals surface area contributed by atoms with E-state index in [1.54, 1.807) is 12.1 Å². The lowest BCUT2D eigenvalue weighted by Gasteiger charge is -2.37. The summed E-state index contributed by atoms with van der Waals surface area (Å²) in [5.74, 6) is 0. The standard InChI is InChI=1S/C13H18N2O3/c1-9-6-12(15(16)17)4-5-13(9)14-7-10(2)18-11(3)8-14/h4-6,10-11H,7-8H2,1-3H3. The van der Waals surface area contributed by atoms with Crippen LogP contribution in [0.3, 0.4) is 0 Å². The van der Waals surface area contributed by atoms with E-state index in [4.69, 9.17) is 4.74 Å². The van der Waals surface area contributed by atoms with Gasteiger partial charge in [-0.2, -0.15) is 0 Å². The Hall–Kier alpha value is -1.62. The summed E-state index contributed by atoms with van der Waals surface area (Å²) >= 11 is 0. The number of nitro groups is 1. The molecule has 0 amide bonds. The molecule has 5 nitrogen and oxygen atoms in total. The van der Waals surface area contributed by atoms with Crippen molar-refractivity contribution in [2.24, 2.45) is 0 Å². The molecule has 1 aliphatic heterocycles. The zero-order chi connectivity index (χ0) is 13.3. The lowest BCUT2D eigenvalue weighted by Crippen LogP contribution is -2.45. The second-order valence-electron chi connectivity index (χ2n) is 4.89. The molecule has 1 aliphatic rings. The minimum absolute atomic E-state index is 0.144. The number of anilines is 1. The first-order chi connectivity index (χ1) is 8.47. The quantitative estimate of drug-likeness (QED) is 0.598. The molecule has 1 saturated heterocycles. The topological polar surface area (TPSA) is 55.6 Å². The fourth-order valence-electron chi connectivity index (χ4n) is 2.48. The molecule has 98 valence electrons. The number of hydrogen-bond acceptors (Lipinski definition) is 4. The predicted octanol–water partition coefficient (Wildman–Crippen LogP) is 2.52. The lowest BCUT2D eigenvalue weighted by atomic mass is 10.1. The largest absolute Gasteiger partial charge is 0.372 e. The smallest absolute Gasteiger partial charge is 0.269 e. The van der Waals surface area contributed by atoms with E-state index < -0.39 is 0 Å². The average Bonchev–Trinajstić information content (AvgIpc) is 2.27. The van der Waals surface area contributed by atoms with Crippen LogP contribution in [0.15, 0.2) is 18.2 Å². The molecule has 5 heteroatoms. The summed E-state index contributed by atoms with van der Waals surface area (Å²) in [4.78, 5) is 12.6. The molecule has 2 rings (SSSR count). The van der Waals surface area contributed by atoms with E-state index in [0.29, 0.717) is 0 Å². The minimum Gasteiger partial charge on any atom is -0.372 e. The maximum Gasteiger partial charge on any atom is 0.269 e. The molecule has 1 aromatic carbocycles. The van der Waals surface area contributed by atoms with Gasteiger partial charge in [0.15, 0.2) is 0 Å². The highest BCUT2D eigenvalue weighted by molar-refractivity contribution is 5.57. The summed E-state index contributed by atoms with van der Waals surface area (Å²) in [6.07, 6.45) is 0.367. The summed E-state index contributed by atoms with van der Waals surface area (Å²) in [5.41, 5.74) is 2.14. The third-order valence-corrected chi connectivity index (χ3v) is 3.15. The number of nitrogens with zero attached hydrogens (tertiary/aromatic N) is 2. The van der Waals surface area contributed by atoms with Crippen molar-refractivity contribution >= 4 is 11.4 Å². The van der Waals surface area contributed by atoms with Crippen LogP contribution in [0, 0.1) is 17.0 Å². The van der Waals surface area contributed by atoms with E-state index in [1.807, 2.05) is 26.8 Å². The zero-order valence-electron chi connectivity index (χ0n) is 10.9. The summed E-state index contributed by atoms with van der Waals surface area (Å²) < 4.78 is 5.69. The molecule has 0 aliphatic carbocycles. The molecule has 0 N–H and O–H groups in total. The molecule has 2 unspecified atom stereocenters. The van der Waals surface area contributed by atoms with Gasteiger partial charge in [-0.25, -0.2) is 0 Å². The molecule has 1 fully saturated rings. The Balaban J connectivity index is 2.25. The van der Waals surface area contributed by atoms with Crippen molar-refractivity contribution in [3.05, 3.63) is 33.9 Å². The van der Waals surface area contributed by atoms with E-state index >= 15 is 0 Å². The van der Waals surface area contributed by atoms with Gasteiger partial charge in [0.25, 0.3) is 5.69 Å². The Morgan fingerprint density at radius 1 is 1.33 bits per heavy atom. The van der Waals surface area contributed by atoms with E-state index in [2.05, 4.69) is 4.90 Å². The average molecular weight is 250 g/mol. The minimum atomic E-state index is -0.360. The summed E-state index contributed by atoms with van der Waals surface area (Å²) in [5, 5.41) is 10.7. The molecule has 1 heterocycles. The molecular weight excluding hydrogens is 232 g/mol. The molecule has 0 spiro atoms. The first-order valence-electron chi connectivity index (χ1n) is 6.13. The van der Waals surface area contributed by atoms with Crippen molar-refractivity contribution < 1.29 is 9.66 Å². The van der Waals surface area contributed by atoms with Crippen molar-refractivity contribution in [2.75, 3.05) is 18.0 Å². The van der Waals surface area contributed by atoms with E-state index in [0.717, 1.165) is 24.3 Å². The van der Waals surface area contributed by atoms with Crippen molar-refractivity contribution in [2.45, 2.75) is 33.0 Å². The van der Waals surface area contributed by atoms with Gasteiger partial charge in [-0.05, 0) is 32.4 Å². The van der Waals surface area contributed by atoms with Crippen LogP contribution in [-0.2, 0) is 4.74 Å². The Kier molecular flexibility index (Phi) is 3.52. The summed E-state index contributed by atoms with van der Waals surface area (Å²) in [6, 6.07) is 5.02. The third-order valence-electron chi connectivity index (χ3n) is 3.15. The Morgan fingerprint density at radius 2 is 1.94 bits per heavy atom. The van der Waals surface area contributed by atoms with E-state index in [9.17, 15) is 10.1 Å². The fourth-order valence-corrected chi connectivity index (χ4v) is 2.48. The second kappa shape index (κ2) is 4.94. The van der Waals surface area contributed by atoms with Gasteiger partial charge in [0.1, 0.15) is 0 Å². The van der Waals surface area contributed by atoms with Crippen LogP contribution in [0.4, 0.5) is 11.4 Å². The second-order valence-corrected chi connectivity index (χ2v) is 4.89. The van der Waals surface area contributed by atoms with Gasteiger partial charge in [-0.15, -0.1) is 0 Å². The van der Waals surface area contributed by atoms with Crippen LogP contribution < -0.4 is 4.90 Å². The first-order valence-corrected chi connectivity index (χ1v) is 6.13. The van der Waals surface area contributed by atoms with Crippen LogP contribution in [0.1, 0.15) is 19.4 Å². The molecule has 0 bridgehead atoms. The predicted molar refractivity (Wildman–Crippen MR) is 70.1 cm³/mol. The number of benzene rings is 1. The zero-order valence-corrected chi connectivity index (χ0v) is 10.9. The van der Waals surface area contributed by atoms with Gasteiger partial charge in [0.2, 0.25) is 0 Å². The van der Waals surface area contributed by atoms with Gasteiger partial charge < -0.3 is 9.64 Å². The molecule has 18 heavy (non-hydrogen) atoms. The highest BCUT2D eigenvalue weighted by atomic mass is 16.6. The van der Waals surface area contributed by atoms with E-state index in [1.165, 1.54) is 0 Å². The highest BCUT2D eigenvalue weighted by Gasteiger charge is 2.23. The van der Waals surface area contributed by atoms with Crippen LogP contribution >= 0.6 is 0 Å². The van der Waals surface area contributed by atoms with Crippen LogP contribution in [0.5, 0.6) is 0 Å². The van der Waals surface area contributed by atoms with Gasteiger partial charge in [-0.1, -0.05) is 0 Å². The monoisotopic (exact) mass is 250 g/mol. The fraction of sp³-hybridized carbons (Fsp3) is 0.538. The number of nitro benzene ring substituents is 1. The molecule has 1 aromatic rings. The van der Waals surface area contributed by atoms with Crippen molar-refractivity contribution in [3.63, 3.8) is 0 Å². The number of aryl methyl sites for hydroxylation is 1. The van der Waals surface area contributed by atoms with Gasteiger partial charge in [0.05, 0.1) is 17.1 Å². The van der Waals surface area contributed by atoms with Crippen LogP contribution in [0.2, 0.25) is 0 Å². The van der Waals surface area contributed by atoms with Gasteiger partial charge in [0, 0.05) is 30.9 Å². The Morgan fingerprint density at radius 3 is 2.44 bits per heavy atom. The molecule has 2 atom stereocenters. The van der Waals surface area contributed by atoms with Crippen LogP contribution in [-0.4, -0.2) is 30.2 Å². The molecule has 0 saturated carbocycles. The number of ether oxygens (including phenoxy) is 1. The SMILES string of the molecule is Cc1cc([N+](=O)[O-])ccc1N1CC(C)OC(C)C1. The summed E-state index contributed by atoms with van der Waals surface area (Å²) in [6.45, 7) is 7.64. The molecular formula is C13H18N2O3. The van der Waals surface area contributed by atoms with Crippen molar-refractivity contribution in [1.82, 2.24) is 0 Å². The highest BCUT2D eigenvalue weighted by Crippen LogP contribution is 2.27. The first kappa shape index (κ1) is 12.8. The molecule has 0 aromatic heterocycles. The van der Waals surface area contributed by atoms with Crippen LogP contribution in [0.25, 0.3) is 0 Å². The maximum absolute atomic E-state index is 10.7. The van der Waals surface area contributed by atoms with Gasteiger partial charge >= 0.3 is 0 Å². The van der Waals surface area contributed by atoms with E-state index in [-0.39, 0.29) is 22.8 Å². The maximum atomic E-state index is 10.7. The third kappa shape index (κ3) is 2.61. The van der Waals surface area contributed by atoms with Gasteiger partial charge in [-0.3, -0.25) is 10.1 Å². The Labute approximate surface area is 107 Å². The summed E-state index contributed by atoms with van der Waals surface area (Å²) in [7, 11) is 0. The number of morpholine rings is 1. The normalized spacial score (nSPS) is 24.1. The Bertz CT molecular complexity index is 452. The number of rotatable bonds is 2. The molecule has 0 radical (unpaired) electrons. The lowest BCUT2D eigenvalue weighted by molar-refractivity contribution is -0.384. The number of hydrogen-bond donors (Lipinski definition) is 0.